The molecule has 1 aromatic carbocycles. The number of benzene rings is 1. The van der Waals surface area contributed by atoms with Crippen molar-refractivity contribution in [2.75, 3.05) is 11.9 Å². The molecule has 0 saturated heterocycles. The Balaban J connectivity index is 2.82. The second-order valence-corrected chi connectivity index (χ2v) is 4.46. The summed E-state index contributed by atoms with van der Waals surface area (Å²) in [5.41, 5.74) is -1.11. The van der Waals surface area contributed by atoms with Crippen LogP contribution in [0.25, 0.3) is 0 Å². The standard InChI is InChI=1S/C10H7BrF7N/c11-6-3-5(10(16,17)18)1-2-7(6)19-4-9(14,15)8(12)13/h1-3,8,19H,4H2. The van der Waals surface area contributed by atoms with Gasteiger partial charge in [-0.15, -0.1) is 0 Å². The average molecular weight is 354 g/mol. The number of halogens is 8. The maximum Gasteiger partial charge on any atom is 0.416 e. The zero-order valence-electron chi connectivity index (χ0n) is 9.04. The van der Waals surface area contributed by atoms with Crippen LogP contribution < -0.4 is 5.32 Å². The van der Waals surface area contributed by atoms with Crippen LogP contribution in [0.15, 0.2) is 22.7 Å². The molecule has 0 fully saturated rings. The molecule has 19 heavy (non-hydrogen) atoms. The Morgan fingerprint density at radius 2 is 1.68 bits per heavy atom. The van der Waals surface area contributed by atoms with E-state index in [1.54, 1.807) is 0 Å². The van der Waals surface area contributed by atoms with Gasteiger partial charge in [-0.3, -0.25) is 0 Å². The molecular formula is C10H7BrF7N. The second kappa shape index (κ2) is 5.56. The minimum atomic E-state index is -4.58. The molecule has 0 aliphatic carbocycles. The monoisotopic (exact) mass is 353 g/mol. The maximum absolute atomic E-state index is 12.6. The summed E-state index contributed by atoms with van der Waals surface area (Å²) in [5.74, 6) is -4.26. The van der Waals surface area contributed by atoms with Gasteiger partial charge in [0.05, 0.1) is 12.1 Å². The summed E-state index contributed by atoms with van der Waals surface area (Å²) in [7, 11) is 0. The molecule has 0 aromatic heterocycles. The van der Waals surface area contributed by atoms with E-state index in [9.17, 15) is 30.7 Å². The first-order valence-electron chi connectivity index (χ1n) is 4.80. The van der Waals surface area contributed by atoms with Crippen LogP contribution in [-0.4, -0.2) is 18.9 Å². The summed E-state index contributed by atoms with van der Waals surface area (Å²) in [4.78, 5) is 0. The largest absolute Gasteiger partial charge is 0.416 e. The fourth-order valence-corrected chi connectivity index (χ4v) is 1.64. The summed E-state index contributed by atoms with van der Waals surface area (Å²) < 4.78 is 85.8. The molecule has 0 aliphatic rings. The topological polar surface area (TPSA) is 12.0 Å². The van der Waals surface area contributed by atoms with Gasteiger partial charge in [0.25, 0.3) is 0 Å². The first-order chi connectivity index (χ1) is 8.54. The summed E-state index contributed by atoms with van der Waals surface area (Å²) in [6, 6.07) is 2.21. The number of hydrogen-bond donors (Lipinski definition) is 1. The van der Waals surface area contributed by atoms with Crippen LogP contribution in [0.1, 0.15) is 5.56 Å². The molecule has 0 amide bonds. The van der Waals surface area contributed by atoms with Gasteiger partial charge < -0.3 is 5.32 Å². The van der Waals surface area contributed by atoms with Crippen LogP contribution in [0.2, 0.25) is 0 Å². The van der Waals surface area contributed by atoms with E-state index in [4.69, 9.17) is 0 Å². The van der Waals surface area contributed by atoms with Crippen LogP contribution in [0.4, 0.5) is 36.4 Å². The van der Waals surface area contributed by atoms with Crippen molar-refractivity contribution in [1.29, 1.82) is 0 Å². The molecule has 108 valence electrons. The molecule has 1 aromatic rings. The van der Waals surface area contributed by atoms with Gasteiger partial charge in [-0.1, -0.05) is 0 Å². The van der Waals surface area contributed by atoms with E-state index in [1.165, 1.54) is 0 Å². The van der Waals surface area contributed by atoms with Crippen molar-refractivity contribution in [3.05, 3.63) is 28.2 Å². The molecule has 0 aliphatic heterocycles. The fraction of sp³-hybridized carbons (Fsp3) is 0.400. The van der Waals surface area contributed by atoms with Gasteiger partial charge in [0, 0.05) is 10.2 Å². The lowest BCUT2D eigenvalue weighted by atomic mass is 10.2. The molecule has 0 saturated carbocycles. The molecule has 1 N–H and O–H groups in total. The lowest BCUT2D eigenvalue weighted by Gasteiger charge is -2.17. The number of anilines is 1. The SMILES string of the molecule is FC(F)C(F)(F)CNc1ccc(C(F)(F)F)cc1Br. The van der Waals surface area contributed by atoms with Crippen LogP contribution >= 0.6 is 15.9 Å². The average Bonchev–Trinajstić information content (AvgIpc) is 2.25. The zero-order chi connectivity index (χ0) is 14.8. The van der Waals surface area contributed by atoms with E-state index in [-0.39, 0.29) is 10.2 Å². The normalized spacial score (nSPS) is 12.9. The zero-order valence-corrected chi connectivity index (χ0v) is 10.6. The minimum absolute atomic E-state index is 0.131. The molecule has 0 unspecified atom stereocenters. The predicted octanol–water partition coefficient (Wildman–Crippen LogP) is 4.78. The van der Waals surface area contributed by atoms with Gasteiger partial charge in [0.15, 0.2) is 0 Å². The Hall–Kier alpha value is -0.990. The summed E-state index contributed by atoms with van der Waals surface area (Å²) in [6.45, 7) is -1.38. The number of hydrogen-bond acceptors (Lipinski definition) is 1. The van der Waals surface area contributed by atoms with Crippen LogP contribution in [-0.2, 0) is 6.18 Å². The van der Waals surface area contributed by atoms with Crippen LogP contribution in [0.3, 0.4) is 0 Å². The van der Waals surface area contributed by atoms with E-state index in [2.05, 4.69) is 15.9 Å². The molecule has 0 radical (unpaired) electrons. The van der Waals surface area contributed by atoms with E-state index >= 15 is 0 Å². The molecule has 0 bridgehead atoms. The van der Waals surface area contributed by atoms with Crippen molar-refractivity contribution in [1.82, 2.24) is 0 Å². The fourth-order valence-electron chi connectivity index (χ4n) is 1.13. The third-order valence-electron chi connectivity index (χ3n) is 2.13. The molecule has 1 rings (SSSR count). The van der Waals surface area contributed by atoms with Crippen molar-refractivity contribution < 1.29 is 30.7 Å². The Bertz CT molecular complexity index is 444. The van der Waals surface area contributed by atoms with Gasteiger partial charge in [-0.05, 0) is 34.1 Å². The Kier molecular flexibility index (Phi) is 4.70. The van der Waals surface area contributed by atoms with E-state index in [0.29, 0.717) is 12.1 Å². The molecule has 0 spiro atoms. The molecular weight excluding hydrogens is 347 g/mol. The highest BCUT2D eigenvalue weighted by Gasteiger charge is 2.40. The van der Waals surface area contributed by atoms with E-state index in [0.717, 1.165) is 6.07 Å². The third kappa shape index (κ3) is 4.26. The molecule has 0 heterocycles. The van der Waals surface area contributed by atoms with Crippen molar-refractivity contribution >= 4 is 21.6 Å². The Morgan fingerprint density at radius 1 is 1.11 bits per heavy atom. The molecule has 0 atom stereocenters. The van der Waals surface area contributed by atoms with E-state index in [1.807, 2.05) is 5.32 Å². The van der Waals surface area contributed by atoms with Gasteiger partial charge in [0.1, 0.15) is 0 Å². The van der Waals surface area contributed by atoms with Crippen molar-refractivity contribution in [3.63, 3.8) is 0 Å². The minimum Gasteiger partial charge on any atom is -0.378 e. The third-order valence-corrected chi connectivity index (χ3v) is 2.79. The second-order valence-electron chi connectivity index (χ2n) is 3.61. The first-order valence-corrected chi connectivity index (χ1v) is 5.60. The van der Waals surface area contributed by atoms with Gasteiger partial charge >= 0.3 is 18.5 Å². The molecule has 1 nitrogen and oxygen atoms in total. The van der Waals surface area contributed by atoms with Crippen molar-refractivity contribution in [2.24, 2.45) is 0 Å². The lowest BCUT2D eigenvalue weighted by molar-refractivity contribution is -0.137. The number of nitrogens with one attached hydrogen (secondary N) is 1. The molecule has 9 heteroatoms. The first kappa shape index (κ1) is 16.1. The Labute approximate surface area is 111 Å². The smallest absolute Gasteiger partial charge is 0.378 e. The highest BCUT2D eigenvalue weighted by atomic mass is 79.9. The predicted molar refractivity (Wildman–Crippen MR) is 58.6 cm³/mol. The summed E-state index contributed by atoms with van der Waals surface area (Å²) in [6.07, 6.45) is -8.43. The van der Waals surface area contributed by atoms with Crippen LogP contribution in [0, 0.1) is 0 Å². The number of rotatable bonds is 4. The highest BCUT2D eigenvalue weighted by Crippen LogP contribution is 2.34. The number of alkyl halides is 7. The van der Waals surface area contributed by atoms with Gasteiger partial charge in [0.2, 0.25) is 0 Å². The van der Waals surface area contributed by atoms with Crippen molar-refractivity contribution in [3.8, 4) is 0 Å². The highest BCUT2D eigenvalue weighted by molar-refractivity contribution is 9.10. The van der Waals surface area contributed by atoms with E-state index < -0.39 is 30.6 Å². The summed E-state index contributed by atoms with van der Waals surface area (Å²) in [5, 5.41) is 1.97. The van der Waals surface area contributed by atoms with Crippen molar-refractivity contribution in [2.45, 2.75) is 18.5 Å². The lowest BCUT2D eigenvalue weighted by Crippen LogP contribution is -2.34. The quantitative estimate of drug-likeness (QED) is 0.768. The summed E-state index contributed by atoms with van der Waals surface area (Å²) >= 11 is 2.75. The van der Waals surface area contributed by atoms with Gasteiger partial charge in [-0.25, -0.2) is 8.78 Å². The van der Waals surface area contributed by atoms with Crippen LogP contribution in [0.5, 0.6) is 0 Å². The van der Waals surface area contributed by atoms with Gasteiger partial charge in [-0.2, -0.15) is 22.0 Å². The maximum atomic E-state index is 12.6. The Morgan fingerprint density at radius 3 is 2.11 bits per heavy atom.